The van der Waals surface area contributed by atoms with E-state index >= 15 is 0 Å². The van der Waals surface area contributed by atoms with Gasteiger partial charge in [0.05, 0.1) is 11.4 Å². The van der Waals surface area contributed by atoms with Crippen LogP contribution in [0.5, 0.6) is 0 Å². The topological polar surface area (TPSA) is 82.9 Å². The highest BCUT2D eigenvalue weighted by Crippen LogP contribution is 2.21. The number of ketones is 2. The van der Waals surface area contributed by atoms with Crippen LogP contribution in [0.4, 0.5) is 11.4 Å². The smallest absolute Gasteiger partial charge is 0.209 e. The van der Waals surface area contributed by atoms with Gasteiger partial charge in [-0.1, -0.05) is 84.9 Å². The molecule has 0 amide bonds. The Morgan fingerprint density at radius 2 is 0.825 bits per heavy atom. The number of anilines is 2. The van der Waals surface area contributed by atoms with Gasteiger partial charge in [0.2, 0.25) is 11.6 Å². The molecule has 2 N–H and O–H groups in total. The number of hydrogen-bond donors (Lipinski definition) is 2. The average molecular weight is 529 g/mol. The number of hydrogen-bond acceptors (Lipinski definition) is 6. The van der Waals surface area contributed by atoms with Crippen LogP contribution >= 0.6 is 0 Å². The summed E-state index contributed by atoms with van der Waals surface area (Å²) in [5, 5.41) is 8.62. The first kappa shape index (κ1) is 26.8. The summed E-state index contributed by atoms with van der Waals surface area (Å²) in [5.41, 5.74) is 12.8. The van der Waals surface area contributed by atoms with E-state index in [0.29, 0.717) is 24.3 Å². The highest BCUT2D eigenvalue weighted by Gasteiger charge is 2.22. The van der Waals surface area contributed by atoms with Gasteiger partial charge in [0.25, 0.3) is 0 Å². The van der Waals surface area contributed by atoms with Crippen molar-refractivity contribution >= 4 is 34.4 Å². The van der Waals surface area contributed by atoms with Gasteiger partial charge in [0.15, 0.2) is 0 Å². The van der Waals surface area contributed by atoms with Gasteiger partial charge in [-0.25, -0.2) is 0 Å². The molecule has 0 saturated carbocycles. The van der Waals surface area contributed by atoms with Crippen molar-refractivity contribution in [3.8, 4) is 0 Å². The first-order valence-electron chi connectivity index (χ1n) is 13.7. The summed E-state index contributed by atoms with van der Waals surface area (Å²) in [7, 11) is 0. The SMILES string of the molecule is O=C1/C(=N\Nc2ccccc2)CCCc2ccccc21.O=C1/C(=N\Nc2ccccc2)CCCc2ccccc21. The third-order valence-electron chi connectivity index (χ3n) is 6.96. The van der Waals surface area contributed by atoms with E-state index in [1.165, 1.54) is 0 Å². The fraction of sp³-hybridized carbons (Fsp3) is 0.176. The maximum Gasteiger partial charge on any atom is 0.209 e. The van der Waals surface area contributed by atoms with Crippen LogP contribution in [0.25, 0.3) is 0 Å². The van der Waals surface area contributed by atoms with E-state index in [0.717, 1.165) is 59.3 Å². The van der Waals surface area contributed by atoms with Crippen molar-refractivity contribution in [1.29, 1.82) is 0 Å². The van der Waals surface area contributed by atoms with Crippen molar-refractivity contribution in [3.63, 3.8) is 0 Å². The number of fused-ring (bicyclic) bond motifs is 2. The third kappa shape index (κ3) is 6.77. The molecule has 0 unspecified atom stereocenters. The molecule has 4 aromatic rings. The van der Waals surface area contributed by atoms with E-state index < -0.39 is 0 Å². The molecule has 2 aliphatic rings. The molecule has 2 aliphatic carbocycles. The minimum absolute atomic E-state index is 0.0431. The molecule has 6 heteroatoms. The minimum Gasteiger partial charge on any atom is -0.287 e. The average Bonchev–Trinajstić information content (AvgIpc) is 3.27. The minimum atomic E-state index is 0.0431. The Bertz CT molecular complexity index is 1410. The van der Waals surface area contributed by atoms with Crippen LogP contribution in [0.1, 0.15) is 57.5 Å². The molecule has 200 valence electrons. The maximum absolute atomic E-state index is 12.5. The number of carbonyl (C=O) groups excluding carboxylic acids is 2. The van der Waals surface area contributed by atoms with Gasteiger partial charge in [0.1, 0.15) is 11.4 Å². The molecular weight excluding hydrogens is 496 g/mol. The van der Waals surface area contributed by atoms with Crippen LogP contribution < -0.4 is 10.9 Å². The van der Waals surface area contributed by atoms with Crippen molar-refractivity contribution in [2.45, 2.75) is 38.5 Å². The monoisotopic (exact) mass is 528 g/mol. The van der Waals surface area contributed by atoms with E-state index in [2.05, 4.69) is 21.1 Å². The van der Waals surface area contributed by atoms with E-state index in [9.17, 15) is 9.59 Å². The lowest BCUT2D eigenvalue weighted by Crippen LogP contribution is -2.15. The van der Waals surface area contributed by atoms with Crippen LogP contribution in [-0.2, 0) is 12.8 Å². The van der Waals surface area contributed by atoms with Gasteiger partial charge in [-0.3, -0.25) is 20.4 Å². The summed E-state index contributed by atoms with van der Waals surface area (Å²) in [6.07, 6.45) is 5.22. The summed E-state index contributed by atoms with van der Waals surface area (Å²) in [4.78, 5) is 25.0. The molecular formula is C34H32N4O2. The summed E-state index contributed by atoms with van der Waals surface area (Å²) in [6, 6.07) is 35.0. The second-order valence-electron chi connectivity index (χ2n) is 9.75. The lowest BCUT2D eigenvalue weighted by Gasteiger charge is -2.05. The number of benzene rings is 4. The standard InChI is InChI=1S/2C17H16N2O/c2*20-17-15-11-5-4-7-13(15)8-6-12-16(17)19-18-14-9-2-1-3-10-14/h2*1-5,7,9-11,18H,6,8,12H2/b2*19-16-. The van der Waals surface area contributed by atoms with Crippen molar-refractivity contribution in [3.05, 3.63) is 131 Å². The molecule has 6 nitrogen and oxygen atoms in total. The van der Waals surface area contributed by atoms with Crippen LogP contribution in [0.2, 0.25) is 0 Å². The van der Waals surface area contributed by atoms with Crippen molar-refractivity contribution in [1.82, 2.24) is 0 Å². The Morgan fingerprint density at radius 1 is 0.450 bits per heavy atom. The van der Waals surface area contributed by atoms with Gasteiger partial charge in [0, 0.05) is 11.1 Å². The second-order valence-corrected chi connectivity index (χ2v) is 9.75. The van der Waals surface area contributed by atoms with E-state index in [4.69, 9.17) is 0 Å². The summed E-state index contributed by atoms with van der Waals surface area (Å²) in [6.45, 7) is 0. The van der Waals surface area contributed by atoms with E-state index in [1.807, 2.05) is 109 Å². The van der Waals surface area contributed by atoms with Gasteiger partial charge >= 0.3 is 0 Å². The lowest BCUT2D eigenvalue weighted by molar-refractivity contribution is 0.105. The second kappa shape index (κ2) is 13.3. The number of nitrogens with zero attached hydrogens (tertiary/aromatic N) is 2. The molecule has 0 bridgehead atoms. The zero-order chi connectivity index (χ0) is 27.6. The Balaban J connectivity index is 0.000000161. The van der Waals surface area contributed by atoms with Crippen molar-refractivity contribution < 1.29 is 9.59 Å². The predicted molar refractivity (Wildman–Crippen MR) is 162 cm³/mol. The molecule has 40 heavy (non-hydrogen) atoms. The van der Waals surface area contributed by atoms with Gasteiger partial charge in [-0.2, -0.15) is 10.2 Å². The number of hydrazone groups is 2. The van der Waals surface area contributed by atoms with Gasteiger partial charge in [-0.05, 0) is 73.9 Å². The molecule has 0 fully saturated rings. The number of aryl methyl sites for hydroxylation is 2. The lowest BCUT2D eigenvalue weighted by atomic mass is 10.0. The van der Waals surface area contributed by atoms with Crippen molar-refractivity contribution in [2.75, 3.05) is 10.9 Å². The predicted octanol–water partition coefficient (Wildman–Crippen LogP) is 7.35. The fourth-order valence-electron chi connectivity index (χ4n) is 4.85. The van der Waals surface area contributed by atoms with Crippen LogP contribution in [0, 0.1) is 0 Å². The summed E-state index contributed by atoms with van der Waals surface area (Å²) in [5.74, 6) is 0.0862. The zero-order valence-corrected chi connectivity index (χ0v) is 22.3. The molecule has 0 aromatic heterocycles. The Labute approximate surface area is 234 Å². The van der Waals surface area contributed by atoms with E-state index in [1.54, 1.807) is 0 Å². The van der Waals surface area contributed by atoms with Crippen LogP contribution in [0.15, 0.2) is 119 Å². The number of para-hydroxylation sites is 2. The number of nitrogens with one attached hydrogen (secondary N) is 2. The molecule has 0 spiro atoms. The van der Waals surface area contributed by atoms with Crippen LogP contribution in [0.3, 0.4) is 0 Å². The highest BCUT2D eigenvalue weighted by molar-refractivity contribution is 6.47. The molecule has 6 rings (SSSR count). The maximum atomic E-state index is 12.5. The Morgan fingerprint density at radius 3 is 1.25 bits per heavy atom. The third-order valence-corrected chi connectivity index (χ3v) is 6.96. The molecule has 0 radical (unpaired) electrons. The molecule has 4 aromatic carbocycles. The first-order valence-corrected chi connectivity index (χ1v) is 13.7. The molecule has 0 aliphatic heterocycles. The van der Waals surface area contributed by atoms with E-state index in [-0.39, 0.29) is 11.6 Å². The van der Waals surface area contributed by atoms with Crippen molar-refractivity contribution in [2.24, 2.45) is 10.2 Å². The largest absolute Gasteiger partial charge is 0.287 e. The van der Waals surface area contributed by atoms with Crippen LogP contribution in [-0.4, -0.2) is 23.0 Å². The fourth-order valence-corrected chi connectivity index (χ4v) is 4.85. The summed E-state index contributed by atoms with van der Waals surface area (Å²) >= 11 is 0. The number of rotatable bonds is 4. The van der Waals surface area contributed by atoms with Gasteiger partial charge < -0.3 is 0 Å². The zero-order valence-electron chi connectivity index (χ0n) is 22.3. The Hall–Kier alpha value is -4.84. The first-order chi connectivity index (χ1) is 19.7. The number of carbonyl (C=O) groups is 2. The highest BCUT2D eigenvalue weighted by atomic mass is 16.1. The summed E-state index contributed by atoms with van der Waals surface area (Å²) < 4.78 is 0. The molecule has 0 saturated heterocycles. The Kier molecular flexibility index (Phi) is 8.89. The molecule has 0 heterocycles. The quantitative estimate of drug-likeness (QED) is 0.214. The number of Topliss-reactive ketones (excluding diaryl/α,β-unsaturated/α-hetero) is 2. The molecule has 0 atom stereocenters. The van der Waals surface area contributed by atoms with Gasteiger partial charge in [-0.15, -0.1) is 0 Å². The normalized spacial score (nSPS) is 16.6.